The van der Waals surface area contributed by atoms with Crippen LogP contribution < -0.4 is 11.1 Å². The second kappa shape index (κ2) is 8.44. The number of carbonyl (C=O) groups is 2. The third-order valence-corrected chi connectivity index (χ3v) is 7.16. The lowest BCUT2D eigenvalue weighted by atomic mass is 10.0. The van der Waals surface area contributed by atoms with Gasteiger partial charge in [0, 0.05) is 37.7 Å². The lowest BCUT2D eigenvalue weighted by Crippen LogP contribution is -2.48. The number of nitrogens with one attached hydrogen (secondary N) is 1. The minimum Gasteiger partial charge on any atom is -0.336 e. The van der Waals surface area contributed by atoms with Crippen LogP contribution in [0.2, 0.25) is 0 Å². The van der Waals surface area contributed by atoms with Crippen molar-refractivity contribution >= 4 is 39.5 Å². The molecule has 0 aliphatic carbocycles. The van der Waals surface area contributed by atoms with E-state index in [-0.39, 0.29) is 23.7 Å². The number of anilines is 1. The van der Waals surface area contributed by atoms with Gasteiger partial charge in [0.15, 0.2) is 0 Å². The zero-order valence-electron chi connectivity index (χ0n) is 16.0. The molecule has 1 atom stereocenters. The van der Waals surface area contributed by atoms with Crippen LogP contribution in [0.1, 0.15) is 27.5 Å². The Labute approximate surface area is 177 Å². The molecule has 1 saturated heterocycles. The number of thiazole rings is 1. The van der Waals surface area contributed by atoms with Gasteiger partial charge in [0.1, 0.15) is 0 Å². The number of rotatable bonds is 6. The van der Waals surface area contributed by atoms with Crippen molar-refractivity contribution in [3.63, 3.8) is 0 Å². The fourth-order valence-corrected chi connectivity index (χ4v) is 4.92. The first-order valence-corrected chi connectivity index (χ1v) is 11.1. The van der Waals surface area contributed by atoms with Crippen molar-refractivity contribution < 1.29 is 9.59 Å². The summed E-state index contributed by atoms with van der Waals surface area (Å²) in [6.45, 7) is 3.41. The minimum absolute atomic E-state index is 0.00142. The average Bonchev–Trinajstić information content (AvgIpc) is 3.37. The van der Waals surface area contributed by atoms with E-state index in [0.29, 0.717) is 29.5 Å². The molecular formula is C21H22N4O2S2. The lowest BCUT2D eigenvalue weighted by molar-refractivity contribution is -0.119. The van der Waals surface area contributed by atoms with Crippen molar-refractivity contribution in [2.24, 2.45) is 11.7 Å². The van der Waals surface area contributed by atoms with E-state index in [0.717, 1.165) is 9.88 Å². The number of carbonyl (C=O) groups excluding carboxylic acids is 2. The first-order valence-electron chi connectivity index (χ1n) is 9.46. The molecule has 29 heavy (non-hydrogen) atoms. The lowest BCUT2D eigenvalue weighted by Gasteiger charge is -2.37. The highest BCUT2D eigenvalue weighted by molar-refractivity contribution is 7.18. The molecule has 1 aromatic carbocycles. The van der Waals surface area contributed by atoms with Crippen molar-refractivity contribution in [2.75, 3.05) is 25.0 Å². The fourth-order valence-electron chi connectivity index (χ4n) is 3.04. The summed E-state index contributed by atoms with van der Waals surface area (Å²) in [5, 5.41) is 4.56. The molecule has 4 rings (SSSR count). The number of aromatic nitrogens is 1. The maximum absolute atomic E-state index is 12.7. The zero-order chi connectivity index (χ0) is 20.4. The first kappa shape index (κ1) is 19.8. The number of hydrogen-bond donors (Lipinski definition) is 2. The van der Waals surface area contributed by atoms with Gasteiger partial charge in [-0.15, -0.1) is 22.7 Å². The fraction of sp³-hybridized carbons (Fsp3) is 0.286. The Kier molecular flexibility index (Phi) is 5.75. The van der Waals surface area contributed by atoms with Gasteiger partial charge in [-0.25, -0.2) is 4.98 Å². The molecular weight excluding hydrogens is 404 g/mol. The van der Waals surface area contributed by atoms with E-state index in [1.165, 1.54) is 16.9 Å². The zero-order valence-corrected chi connectivity index (χ0v) is 17.6. The smallest absolute Gasteiger partial charge is 0.264 e. The molecule has 3 N–H and O–H groups in total. The molecule has 2 amide bonds. The predicted octanol–water partition coefficient (Wildman–Crippen LogP) is 3.64. The topological polar surface area (TPSA) is 88.3 Å². The maximum Gasteiger partial charge on any atom is 0.264 e. The summed E-state index contributed by atoms with van der Waals surface area (Å²) in [5.41, 5.74) is 6.69. The van der Waals surface area contributed by atoms with Crippen molar-refractivity contribution in [2.45, 2.75) is 12.8 Å². The normalized spacial score (nSPS) is 15.0. The Morgan fingerprint density at radius 3 is 2.69 bits per heavy atom. The van der Waals surface area contributed by atoms with Crippen molar-refractivity contribution in [3.05, 3.63) is 58.5 Å². The Balaban J connectivity index is 1.34. The molecule has 0 saturated carbocycles. The molecule has 1 unspecified atom stereocenters. The van der Waals surface area contributed by atoms with E-state index < -0.39 is 0 Å². The molecule has 2 aromatic heterocycles. The number of thiophene rings is 1. The molecule has 3 heterocycles. The summed E-state index contributed by atoms with van der Waals surface area (Å²) < 4.78 is 0. The van der Waals surface area contributed by atoms with Gasteiger partial charge in [0.2, 0.25) is 5.91 Å². The third-order valence-electron chi connectivity index (χ3n) is 4.96. The van der Waals surface area contributed by atoms with E-state index in [2.05, 4.69) is 22.4 Å². The van der Waals surface area contributed by atoms with Crippen LogP contribution in [0.4, 0.5) is 5.00 Å². The van der Waals surface area contributed by atoms with Crippen LogP contribution in [-0.2, 0) is 4.79 Å². The van der Waals surface area contributed by atoms with E-state index in [9.17, 15) is 9.59 Å². The highest BCUT2D eigenvalue weighted by Crippen LogP contribution is 2.35. The van der Waals surface area contributed by atoms with E-state index in [4.69, 9.17) is 5.73 Å². The van der Waals surface area contributed by atoms with Crippen LogP contribution in [-0.4, -0.2) is 41.3 Å². The number of hydrogen-bond acceptors (Lipinski definition) is 6. The minimum atomic E-state index is -0.258. The van der Waals surface area contributed by atoms with E-state index >= 15 is 0 Å². The predicted molar refractivity (Wildman–Crippen MR) is 117 cm³/mol. The van der Waals surface area contributed by atoms with Crippen LogP contribution in [0.15, 0.2) is 48.7 Å². The van der Waals surface area contributed by atoms with Crippen molar-refractivity contribution in [1.29, 1.82) is 0 Å². The van der Waals surface area contributed by atoms with Gasteiger partial charge in [-0.05, 0) is 17.7 Å². The van der Waals surface area contributed by atoms with Gasteiger partial charge < -0.3 is 16.0 Å². The number of likely N-dealkylation sites (tertiary alicyclic amines) is 1. The summed E-state index contributed by atoms with van der Waals surface area (Å²) in [6.07, 6.45) is 1.91. The first-order chi connectivity index (χ1) is 14.0. The molecule has 0 radical (unpaired) electrons. The third kappa shape index (κ3) is 4.24. The molecule has 6 nitrogen and oxygen atoms in total. The van der Waals surface area contributed by atoms with E-state index in [1.807, 2.05) is 29.3 Å². The van der Waals surface area contributed by atoms with Gasteiger partial charge in [0.05, 0.1) is 19.8 Å². The van der Waals surface area contributed by atoms with E-state index in [1.54, 1.807) is 30.4 Å². The number of benzene rings is 1. The Hall–Kier alpha value is -2.55. The highest BCUT2D eigenvalue weighted by atomic mass is 32.1. The largest absolute Gasteiger partial charge is 0.336 e. The summed E-state index contributed by atoms with van der Waals surface area (Å²) in [5.74, 6) is -0.105. The van der Waals surface area contributed by atoms with Gasteiger partial charge in [0.25, 0.3) is 5.91 Å². The molecule has 150 valence electrons. The second-order valence-corrected chi connectivity index (χ2v) is 9.27. The SMILES string of the molecule is CC(CN)C(=O)Nc1ccc(C(=O)N2CC(c3ncc(-c4ccccc4)s3)C2)s1. The second-order valence-electron chi connectivity index (χ2n) is 7.13. The van der Waals surface area contributed by atoms with Gasteiger partial charge >= 0.3 is 0 Å². The molecule has 8 heteroatoms. The highest BCUT2D eigenvalue weighted by Gasteiger charge is 2.34. The molecule has 0 spiro atoms. The van der Waals surface area contributed by atoms with Crippen LogP contribution in [0.3, 0.4) is 0 Å². The monoisotopic (exact) mass is 426 g/mol. The average molecular weight is 427 g/mol. The summed E-state index contributed by atoms with van der Waals surface area (Å²) in [4.78, 5) is 32.8. The number of nitrogens with two attached hydrogens (primary N) is 1. The van der Waals surface area contributed by atoms with Crippen LogP contribution in [0.5, 0.6) is 0 Å². The van der Waals surface area contributed by atoms with Crippen molar-refractivity contribution in [3.8, 4) is 10.4 Å². The number of amides is 2. The van der Waals surface area contributed by atoms with Crippen molar-refractivity contribution in [1.82, 2.24) is 9.88 Å². The Bertz CT molecular complexity index is 1010. The summed E-state index contributed by atoms with van der Waals surface area (Å²) in [7, 11) is 0. The summed E-state index contributed by atoms with van der Waals surface area (Å²) in [6, 6.07) is 13.7. The van der Waals surface area contributed by atoms with Crippen LogP contribution in [0.25, 0.3) is 10.4 Å². The standard InChI is InChI=1S/C21H22N4O2S2/c1-13(9-22)19(26)24-18-8-7-16(28-18)21(27)25-11-15(12-25)20-23-10-17(29-20)14-5-3-2-4-6-14/h2-8,10,13,15H,9,11-12,22H2,1H3,(H,24,26). The Morgan fingerprint density at radius 1 is 1.21 bits per heavy atom. The molecule has 0 bridgehead atoms. The van der Waals surface area contributed by atoms with Gasteiger partial charge in [-0.2, -0.15) is 0 Å². The molecule has 1 fully saturated rings. The molecule has 1 aliphatic heterocycles. The quantitative estimate of drug-likeness (QED) is 0.630. The van der Waals surface area contributed by atoms with Crippen LogP contribution in [0, 0.1) is 5.92 Å². The summed E-state index contributed by atoms with van der Waals surface area (Å²) >= 11 is 2.99. The van der Waals surface area contributed by atoms with Gasteiger partial charge in [-0.3, -0.25) is 9.59 Å². The van der Waals surface area contributed by atoms with Crippen LogP contribution >= 0.6 is 22.7 Å². The maximum atomic E-state index is 12.7. The molecule has 1 aliphatic rings. The molecule has 3 aromatic rings. The Morgan fingerprint density at radius 2 is 1.97 bits per heavy atom. The number of nitrogens with zero attached hydrogens (tertiary/aromatic N) is 2. The van der Waals surface area contributed by atoms with Gasteiger partial charge in [-0.1, -0.05) is 37.3 Å².